The van der Waals surface area contributed by atoms with Gasteiger partial charge in [0.15, 0.2) is 0 Å². The zero-order valence-corrected chi connectivity index (χ0v) is 12.3. The monoisotopic (exact) mass is 258 g/mol. The van der Waals surface area contributed by atoms with Crippen LogP contribution in [0.3, 0.4) is 0 Å². The summed E-state index contributed by atoms with van der Waals surface area (Å²) in [7, 11) is 1.72. The Balaban J connectivity index is 2.05. The third-order valence-electron chi connectivity index (χ3n) is 4.49. The molecule has 0 heterocycles. The van der Waals surface area contributed by atoms with Gasteiger partial charge in [0.25, 0.3) is 0 Å². The fourth-order valence-electron chi connectivity index (χ4n) is 3.36. The second-order valence-corrected chi connectivity index (χ2v) is 5.71. The van der Waals surface area contributed by atoms with Crippen LogP contribution in [0.1, 0.15) is 62.5 Å². The normalized spacial score (nSPS) is 23.1. The molecule has 1 aromatic carbocycles. The molecule has 0 atom stereocenters. The van der Waals surface area contributed by atoms with Gasteiger partial charge in [-0.3, -0.25) is 0 Å². The Morgan fingerprint density at radius 2 is 2.00 bits per heavy atom. The maximum atomic E-state index is 5.36. The predicted octanol–water partition coefficient (Wildman–Crippen LogP) is 5.41. The van der Waals surface area contributed by atoms with Crippen LogP contribution >= 0.6 is 0 Å². The zero-order valence-electron chi connectivity index (χ0n) is 12.3. The zero-order chi connectivity index (χ0) is 13.7. The molecule has 1 fully saturated rings. The van der Waals surface area contributed by atoms with E-state index in [1.165, 1.54) is 44.1 Å². The molecule has 0 unspecified atom stereocenters. The van der Waals surface area contributed by atoms with E-state index in [0.717, 1.165) is 23.1 Å². The van der Waals surface area contributed by atoms with E-state index in [2.05, 4.69) is 31.7 Å². The molecule has 19 heavy (non-hydrogen) atoms. The van der Waals surface area contributed by atoms with E-state index >= 15 is 0 Å². The molecule has 0 radical (unpaired) electrons. The van der Waals surface area contributed by atoms with E-state index in [4.69, 9.17) is 4.74 Å². The molecular weight excluding hydrogens is 232 g/mol. The average molecular weight is 258 g/mol. The van der Waals surface area contributed by atoms with Crippen molar-refractivity contribution >= 4 is 6.08 Å². The molecule has 1 heteroatoms. The maximum absolute atomic E-state index is 5.36. The fraction of sp³-hybridized carbons (Fsp3) is 0.556. The highest BCUT2D eigenvalue weighted by atomic mass is 16.5. The van der Waals surface area contributed by atoms with E-state index < -0.39 is 0 Å². The third kappa shape index (κ3) is 3.40. The third-order valence-corrected chi connectivity index (χ3v) is 4.49. The van der Waals surface area contributed by atoms with Gasteiger partial charge in [-0.2, -0.15) is 0 Å². The van der Waals surface area contributed by atoms with E-state index in [9.17, 15) is 0 Å². The van der Waals surface area contributed by atoms with Gasteiger partial charge in [0, 0.05) is 5.56 Å². The summed E-state index contributed by atoms with van der Waals surface area (Å²) in [4.78, 5) is 0. The molecule has 2 rings (SSSR count). The number of ether oxygens (including phenoxy) is 1. The van der Waals surface area contributed by atoms with E-state index in [1.807, 2.05) is 6.08 Å². The molecule has 1 aliphatic carbocycles. The Bertz CT molecular complexity index is 414. The number of hydrogen-bond acceptors (Lipinski definition) is 1. The number of methoxy groups -OCH3 is 1. The molecule has 0 N–H and O–H groups in total. The molecule has 0 aromatic heterocycles. The first-order valence-corrected chi connectivity index (χ1v) is 7.58. The first-order valence-electron chi connectivity index (χ1n) is 7.58. The first-order chi connectivity index (χ1) is 9.28. The smallest absolute Gasteiger partial charge is 0.126 e. The summed E-state index contributed by atoms with van der Waals surface area (Å²) < 4.78 is 5.36. The molecule has 1 aromatic rings. The summed E-state index contributed by atoms with van der Waals surface area (Å²) in [5, 5.41) is 0. The molecule has 0 saturated heterocycles. The Morgan fingerprint density at radius 1 is 1.26 bits per heavy atom. The Labute approximate surface area is 117 Å². The molecule has 0 aliphatic heterocycles. The van der Waals surface area contributed by atoms with E-state index in [1.54, 1.807) is 7.11 Å². The molecular formula is C18H26O. The predicted molar refractivity (Wildman–Crippen MR) is 82.7 cm³/mol. The first kappa shape index (κ1) is 14.2. The molecule has 1 nitrogen and oxygen atoms in total. The molecule has 1 saturated carbocycles. The number of benzene rings is 1. The molecule has 0 amide bonds. The summed E-state index contributed by atoms with van der Waals surface area (Å²) in [5.41, 5.74) is 2.58. The van der Waals surface area contributed by atoms with Crippen molar-refractivity contribution in [2.75, 3.05) is 7.11 Å². The van der Waals surface area contributed by atoms with Gasteiger partial charge >= 0.3 is 0 Å². The molecule has 104 valence electrons. The maximum Gasteiger partial charge on any atom is 0.126 e. The lowest BCUT2D eigenvalue weighted by atomic mass is 9.77. The minimum absolute atomic E-state index is 0.734. The van der Waals surface area contributed by atoms with Crippen LogP contribution < -0.4 is 4.74 Å². The van der Waals surface area contributed by atoms with Crippen molar-refractivity contribution in [2.24, 2.45) is 5.92 Å². The summed E-state index contributed by atoms with van der Waals surface area (Å²) in [6, 6.07) is 6.58. The SMILES string of the molecule is C=Cc1cc(C2CCC(CCC)CC2)ccc1OC. The highest BCUT2D eigenvalue weighted by Crippen LogP contribution is 2.38. The summed E-state index contributed by atoms with van der Waals surface area (Å²) in [5.74, 6) is 2.63. The molecule has 1 aliphatic rings. The van der Waals surface area contributed by atoms with E-state index in [-0.39, 0.29) is 0 Å². The van der Waals surface area contributed by atoms with Gasteiger partial charge in [-0.1, -0.05) is 38.5 Å². The Morgan fingerprint density at radius 3 is 2.58 bits per heavy atom. The van der Waals surface area contributed by atoms with Gasteiger partial charge in [-0.05, 0) is 55.2 Å². The van der Waals surface area contributed by atoms with Crippen LogP contribution in [0.25, 0.3) is 6.08 Å². The van der Waals surface area contributed by atoms with Crippen molar-refractivity contribution < 1.29 is 4.74 Å². The number of hydrogen-bond donors (Lipinski definition) is 0. The molecule has 0 spiro atoms. The quantitative estimate of drug-likeness (QED) is 0.686. The van der Waals surface area contributed by atoms with Gasteiger partial charge < -0.3 is 4.74 Å². The standard InChI is InChI=1S/C18H26O/c1-4-6-14-7-9-16(10-8-14)17-11-12-18(19-3)15(5-2)13-17/h5,11-14,16H,2,4,6-10H2,1,3H3. The minimum Gasteiger partial charge on any atom is -0.496 e. The average Bonchev–Trinajstić information content (AvgIpc) is 2.47. The van der Waals surface area contributed by atoms with Crippen molar-refractivity contribution in [3.63, 3.8) is 0 Å². The largest absolute Gasteiger partial charge is 0.496 e. The lowest BCUT2D eigenvalue weighted by molar-refractivity contribution is 0.308. The highest BCUT2D eigenvalue weighted by molar-refractivity contribution is 5.57. The van der Waals surface area contributed by atoms with Crippen molar-refractivity contribution in [1.82, 2.24) is 0 Å². The van der Waals surface area contributed by atoms with Crippen LogP contribution in [0.5, 0.6) is 5.75 Å². The number of rotatable bonds is 5. The van der Waals surface area contributed by atoms with Crippen molar-refractivity contribution in [3.8, 4) is 5.75 Å². The van der Waals surface area contributed by atoms with Crippen LogP contribution in [0, 0.1) is 5.92 Å². The van der Waals surface area contributed by atoms with Gasteiger partial charge in [0.2, 0.25) is 0 Å². The topological polar surface area (TPSA) is 9.23 Å². The van der Waals surface area contributed by atoms with Gasteiger partial charge in [0.05, 0.1) is 7.11 Å². The van der Waals surface area contributed by atoms with Crippen LogP contribution in [-0.4, -0.2) is 7.11 Å². The fourth-order valence-corrected chi connectivity index (χ4v) is 3.36. The Kier molecular flexibility index (Phi) is 5.07. The lowest BCUT2D eigenvalue weighted by Gasteiger charge is -2.29. The Hall–Kier alpha value is -1.24. The van der Waals surface area contributed by atoms with Gasteiger partial charge in [0.1, 0.15) is 5.75 Å². The van der Waals surface area contributed by atoms with Crippen molar-refractivity contribution in [1.29, 1.82) is 0 Å². The van der Waals surface area contributed by atoms with Gasteiger partial charge in [-0.25, -0.2) is 0 Å². The molecule has 0 bridgehead atoms. The van der Waals surface area contributed by atoms with Crippen LogP contribution in [0.2, 0.25) is 0 Å². The minimum atomic E-state index is 0.734. The van der Waals surface area contributed by atoms with Crippen LogP contribution in [-0.2, 0) is 0 Å². The summed E-state index contributed by atoms with van der Waals surface area (Å²) in [6.45, 7) is 6.18. The summed E-state index contributed by atoms with van der Waals surface area (Å²) >= 11 is 0. The van der Waals surface area contributed by atoms with Crippen LogP contribution in [0.15, 0.2) is 24.8 Å². The van der Waals surface area contributed by atoms with Crippen LogP contribution in [0.4, 0.5) is 0 Å². The lowest BCUT2D eigenvalue weighted by Crippen LogP contribution is -2.13. The van der Waals surface area contributed by atoms with E-state index in [0.29, 0.717) is 0 Å². The van der Waals surface area contributed by atoms with Crippen molar-refractivity contribution in [3.05, 3.63) is 35.9 Å². The second-order valence-electron chi connectivity index (χ2n) is 5.71. The highest BCUT2D eigenvalue weighted by Gasteiger charge is 2.22. The second kappa shape index (κ2) is 6.79. The summed E-state index contributed by atoms with van der Waals surface area (Å²) in [6.07, 6.45) is 10.1. The van der Waals surface area contributed by atoms with Crippen molar-refractivity contribution in [2.45, 2.75) is 51.4 Å². The van der Waals surface area contributed by atoms with Gasteiger partial charge in [-0.15, -0.1) is 0 Å².